The van der Waals surface area contributed by atoms with Crippen LogP contribution < -0.4 is 31.8 Å². The summed E-state index contributed by atoms with van der Waals surface area (Å²) in [4.78, 5) is 64.0. The maximum absolute atomic E-state index is 9.08. The van der Waals surface area contributed by atoms with Gasteiger partial charge in [0.1, 0.15) is 54.3 Å². The summed E-state index contributed by atoms with van der Waals surface area (Å²) in [6.07, 6.45) is 8.39. The predicted octanol–water partition coefficient (Wildman–Crippen LogP) is 6.71. The zero-order valence-electron chi connectivity index (χ0n) is 39.2. The van der Waals surface area contributed by atoms with Gasteiger partial charge in [-0.1, -0.05) is 182 Å². The summed E-state index contributed by atoms with van der Waals surface area (Å²) in [6, 6.07) is 68.0. The van der Waals surface area contributed by atoms with E-state index in [0.717, 1.165) is 0 Å². The summed E-state index contributed by atoms with van der Waals surface area (Å²) < 4.78 is 27.2. The molecular weight excluding hydrogens is 1060 g/mol. The van der Waals surface area contributed by atoms with Gasteiger partial charge in [-0.15, -0.1) is 0 Å². The second-order valence-electron chi connectivity index (χ2n) is 13.0. The van der Waals surface area contributed by atoms with Gasteiger partial charge in [0.2, 0.25) is 0 Å². The van der Waals surface area contributed by atoms with Crippen molar-refractivity contribution in [2.24, 2.45) is 0 Å². The first kappa shape index (κ1) is 72.9. The van der Waals surface area contributed by atoms with Crippen molar-refractivity contribution in [2.45, 2.75) is 0 Å². The molecule has 0 N–H and O–H groups in total. The van der Waals surface area contributed by atoms with E-state index in [4.69, 9.17) is 51.3 Å². The molecule has 0 heterocycles. The third kappa shape index (κ3) is 32.4. The number of benzene rings is 6. The molecule has 6 aromatic carbocycles. The summed E-state index contributed by atoms with van der Waals surface area (Å²) in [5, 5.41) is 9.04. The molecule has 1 radical (unpaired) electrons. The van der Waals surface area contributed by atoms with Gasteiger partial charge in [0.25, 0.3) is 0 Å². The molecule has 0 saturated heterocycles. The van der Waals surface area contributed by atoms with Crippen LogP contribution >= 0.6 is 31.0 Å². The van der Waals surface area contributed by atoms with Gasteiger partial charge < -0.3 is 42.9 Å². The van der Waals surface area contributed by atoms with Gasteiger partial charge in [-0.05, 0) is 55.6 Å². The van der Waals surface area contributed by atoms with Gasteiger partial charge >= 0.3 is 0 Å². The molecule has 0 unspecified atom stereocenters. The molecule has 0 saturated carbocycles. The molecule has 17 heteroatoms. The van der Waals surface area contributed by atoms with E-state index in [9.17, 15) is 0 Å². The van der Waals surface area contributed by atoms with E-state index in [1.54, 1.807) is 0 Å². The van der Waals surface area contributed by atoms with Crippen molar-refractivity contribution in [3.8, 4) is 0 Å². The summed E-state index contributed by atoms with van der Waals surface area (Å²) in [6.45, 7) is 18.7. The maximum atomic E-state index is 9.08. The van der Waals surface area contributed by atoms with E-state index >= 15 is 0 Å². The first-order valence-electron chi connectivity index (χ1n) is 19.9. The van der Waals surface area contributed by atoms with Crippen molar-refractivity contribution >= 4 is 127 Å². The predicted molar refractivity (Wildman–Crippen MR) is 292 cm³/mol. The Balaban J connectivity index is -0.000000543. The molecule has 0 aliphatic rings. The first-order valence-corrected chi connectivity index (χ1v) is 29.1. The van der Waals surface area contributed by atoms with Crippen molar-refractivity contribution < 1.29 is 70.8 Å². The minimum absolute atomic E-state index is 0. The summed E-state index contributed by atoms with van der Waals surface area (Å²) >= 11 is 0. The van der Waals surface area contributed by atoms with Crippen LogP contribution in [0.5, 0.6) is 0 Å². The van der Waals surface area contributed by atoms with E-state index < -0.39 is 41.1 Å². The van der Waals surface area contributed by atoms with E-state index in [1.807, 2.05) is 54.3 Å². The fraction of sp³-hybridized carbons (Fsp3) is 0.154. The van der Waals surface area contributed by atoms with Crippen LogP contribution in [0, 0.1) is 0 Å². The molecule has 0 aliphatic heterocycles. The Bertz CT molecular complexity index is 1800. The number of rotatable bonds is 15. The van der Waals surface area contributed by atoms with E-state index in [2.05, 4.69) is 189 Å². The minimum atomic E-state index is -3.92. The molecule has 0 fully saturated rings. The number of carbonyl (C=O) groups excluding carboxylic acids is 8. The first-order chi connectivity index (χ1) is 33.2. The molecule has 0 spiro atoms. The van der Waals surface area contributed by atoms with Gasteiger partial charge in [-0.25, -0.2) is 8.42 Å². The Hall–Kier alpha value is -5.07. The van der Waals surface area contributed by atoms with Crippen LogP contribution in [0.25, 0.3) is 0 Å². The van der Waals surface area contributed by atoms with Crippen LogP contribution in [0.2, 0.25) is 0 Å². The molecule has 69 heavy (non-hydrogen) atoms. The van der Waals surface area contributed by atoms with E-state index in [1.165, 1.54) is 68.8 Å². The topological polar surface area (TPSA) is 194 Å². The Morgan fingerprint density at radius 1 is 0.348 bits per heavy atom. The zero-order chi connectivity index (χ0) is 52.7. The van der Waals surface area contributed by atoms with E-state index in [-0.39, 0.29) is 19.5 Å². The molecule has 6 rings (SSSR count). The van der Waals surface area contributed by atoms with Crippen molar-refractivity contribution in [1.29, 1.82) is 0 Å². The Morgan fingerprint density at radius 3 is 0.580 bits per heavy atom. The quantitative estimate of drug-likeness (QED) is 0.0603. The number of hydrogen-bond acceptors (Lipinski definition) is 11. The zero-order valence-corrected chi connectivity index (χ0v) is 45.3. The van der Waals surface area contributed by atoms with Crippen LogP contribution in [0.3, 0.4) is 0 Å². The van der Waals surface area contributed by atoms with Gasteiger partial charge in [-0.2, -0.15) is 0 Å². The average Bonchev–Trinajstić information content (AvgIpc) is 3.42. The Kier molecular flexibility index (Phi) is 52.2. The van der Waals surface area contributed by atoms with Gasteiger partial charge in [0.05, 0.1) is 28.6 Å². The Morgan fingerprint density at radius 2 is 0.464 bits per heavy atom. The standard InChI is InChI=1S/C43H45P4.CH4O3S.8CH2O.Rh/c1-47(35-32-44(38-20-8-2-9-21-38)39-22-10-3-11-23-39,36-33-45(40-24-12-4-13-25-40)41-26-14-5-15-27-41)37-34-46(42-28-16-6-17-29-42)43-30-18-7-19-31-43;1-5(2,3)4;8*1-2;/h2-31H,32-37H2,1H3;1H3,(H,2,3,4);8*1H2;/q+1;;;;;;;;;;/p-1. The minimum Gasteiger partial charge on any atom is -0.748 e. The molecule has 11 nitrogen and oxygen atoms in total. The van der Waals surface area contributed by atoms with Gasteiger partial charge in [0.15, 0.2) is 0 Å². The Labute approximate surface area is 427 Å². The fourth-order valence-corrected chi connectivity index (χ4v) is 20.7. The van der Waals surface area contributed by atoms with Crippen molar-refractivity contribution in [2.75, 3.05) is 49.9 Å². The second kappa shape index (κ2) is 49.4. The molecule has 0 aromatic heterocycles. The second-order valence-corrected chi connectivity index (χ2v) is 26.0. The third-order valence-electron chi connectivity index (χ3n) is 9.00. The van der Waals surface area contributed by atoms with Crippen LogP contribution in [0.15, 0.2) is 182 Å². The molecule has 0 aliphatic carbocycles. The van der Waals surface area contributed by atoms with Crippen LogP contribution in [0.4, 0.5) is 0 Å². The van der Waals surface area contributed by atoms with Crippen molar-refractivity contribution in [1.82, 2.24) is 0 Å². The van der Waals surface area contributed by atoms with E-state index in [0.29, 0.717) is 6.26 Å². The molecular formula is C52H64O11P4RhS. The largest absolute Gasteiger partial charge is 0.748 e. The normalized spacial score (nSPS) is 9.30. The van der Waals surface area contributed by atoms with Crippen molar-refractivity contribution in [3.05, 3.63) is 182 Å². The SMILES string of the molecule is C=O.C=O.C=O.C=O.C=O.C=O.C=O.C=O.CS(=O)(=O)[O-].C[P+](CCP(c1ccccc1)c1ccccc1)(CCP(c1ccccc1)c1ccccc1)CCP(c1ccccc1)c1ccccc1.[Rh]. The molecule has 373 valence electrons. The molecule has 6 aromatic rings. The number of carbonyl (C=O) groups is 8. The van der Waals surface area contributed by atoms with Gasteiger partial charge in [-0.3, -0.25) is 0 Å². The molecule has 0 amide bonds. The van der Waals surface area contributed by atoms with Crippen LogP contribution in [0.1, 0.15) is 0 Å². The summed E-state index contributed by atoms with van der Waals surface area (Å²) in [7, 11) is -6.43. The third-order valence-corrected chi connectivity index (χ3v) is 21.5. The fourth-order valence-electron chi connectivity index (χ4n) is 6.23. The van der Waals surface area contributed by atoms with Crippen LogP contribution in [-0.4, -0.2) is 117 Å². The smallest absolute Gasteiger partial charge is 0.106 e. The molecule has 0 atom stereocenters. The maximum Gasteiger partial charge on any atom is 0.106 e. The summed E-state index contributed by atoms with van der Waals surface area (Å²) in [5.41, 5.74) is 0. The monoisotopic (exact) mass is 1120 g/mol. The average molecular weight is 1120 g/mol. The number of hydrogen-bond donors (Lipinski definition) is 0. The summed E-state index contributed by atoms with van der Waals surface area (Å²) in [5.74, 6) is 0. The van der Waals surface area contributed by atoms with Crippen LogP contribution in [-0.2, 0) is 68.0 Å². The van der Waals surface area contributed by atoms with Gasteiger partial charge in [0, 0.05) is 58.1 Å². The van der Waals surface area contributed by atoms with Crippen molar-refractivity contribution in [3.63, 3.8) is 0 Å². The molecule has 0 bridgehead atoms.